The SMILES string of the molecule is CN=C(/C=C(\N)CSCc1nn2c(c1-c1c(Cl)ccc3c(CCCOC(C)=O)c(C(=O)OC)n(C)c13)CCCC2)CCl. The van der Waals surface area contributed by atoms with Gasteiger partial charge in [0.15, 0.2) is 0 Å². The largest absolute Gasteiger partial charge is 0.466 e. The van der Waals surface area contributed by atoms with Gasteiger partial charge in [-0.3, -0.25) is 14.5 Å². The number of aliphatic imine (C=N–C) groups is 1. The standard InChI is InChI=1S/C30H37Cl2N5O4S/c1-18(38)41-13-7-8-21-22-10-11-23(32)26(28(22)36(3)29(21)30(39)40-4)27-24(35-37-12-6-5-9-25(27)37)17-42-16-19(33)14-20(15-31)34-2/h10-11,14H,5-9,12-13,15-17,33H2,1-4H3/b19-14-,34-20?. The number of nitrogens with two attached hydrogens (primary N) is 1. The van der Waals surface area contributed by atoms with Gasteiger partial charge in [0.1, 0.15) is 5.69 Å². The van der Waals surface area contributed by atoms with Crippen LogP contribution in [0.4, 0.5) is 0 Å². The predicted molar refractivity (Wildman–Crippen MR) is 171 cm³/mol. The fraction of sp³-hybridized carbons (Fsp3) is 0.467. The molecule has 0 unspecified atom stereocenters. The van der Waals surface area contributed by atoms with Crippen molar-refractivity contribution in [2.75, 3.05) is 32.4 Å². The second kappa shape index (κ2) is 14.5. The molecule has 2 aromatic heterocycles. The first-order chi connectivity index (χ1) is 20.2. The summed E-state index contributed by atoms with van der Waals surface area (Å²) in [6.07, 6.45) is 5.93. The van der Waals surface area contributed by atoms with Crippen LogP contribution in [-0.2, 0) is 46.5 Å². The topological polar surface area (TPSA) is 114 Å². The van der Waals surface area contributed by atoms with Crippen molar-refractivity contribution >= 4 is 63.5 Å². The number of alkyl halides is 1. The Hall–Kier alpha value is -2.95. The fourth-order valence-electron chi connectivity index (χ4n) is 5.53. The third-order valence-electron chi connectivity index (χ3n) is 7.36. The molecule has 2 N–H and O–H groups in total. The molecule has 226 valence electrons. The average molecular weight is 635 g/mol. The Kier molecular flexibility index (Phi) is 11.0. The molecule has 0 radical (unpaired) electrons. The Morgan fingerprint density at radius 2 is 2.05 bits per heavy atom. The van der Waals surface area contributed by atoms with Crippen LogP contribution in [-0.4, -0.2) is 64.4 Å². The van der Waals surface area contributed by atoms with E-state index >= 15 is 0 Å². The maximum absolute atomic E-state index is 13.1. The van der Waals surface area contributed by atoms with Crippen LogP contribution < -0.4 is 5.73 Å². The summed E-state index contributed by atoms with van der Waals surface area (Å²) < 4.78 is 14.3. The van der Waals surface area contributed by atoms with Crippen LogP contribution in [0.1, 0.15) is 53.6 Å². The zero-order chi connectivity index (χ0) is 30.4. The molecule has 0 saturated heterocycles. The zero-order valence-electron chi connectivity index (χ0n) is 24.5. The smallest absolute Gasteiger partial charge is 0.354 e. The van der Waals surface area contributed by atoms with Crippen LogP contribution in [0.3, 0.4) is 0 Å². The molecule has 1 aromatic carbocycles. The minimum atomic E-state index is -0.430. The normalized spacial score (nSPS) is 13.9. The summed E-state index contributed by atoms with van der Waals surface area (Å²) >= 11 is 14.6. The lowest BCUT2D eigenvalue weighted by atomic mass is 9.95. The fourth-order valence-corrected chi connectivity index (χ4v) is 6.79. The van der Waals surface area contributed by atoms with E-state index in [0.29, 0.717) is 46.6 Å². The molecule has 0 spiro atoms. The number of methoxy groups -OCH3 is 1. The second-order valence-corrected chi connectivity index (χ2v) is 11.8. The van der Waals surface area contributed by atoms with E-state index in [2.05, 4.69) is 9.67 Å². The van der Waals surface area contributed by atoms with Gasteiger partial charge in [0.05, 0.1) is 41.5 Å². The Balaban J connectivity index is 1.81. The lowest BCUT2D eigenvalue weighted by molar-refractivity contribution is -0.141. The Bertz CT molecular complexity index is 1540. The van der Waals surface area contributed by atoms with Crippen molar-refractivity contribution in [1.82, 2.24) is 14.3 Å². The number of rotatable bonds is 12. The first-order valence-corrected chi connectivity index (χ1v) is 15.9. The van der Waals surface area contributed by atoms with E-state index in [1.807, 2.05) is 29.8 Å². The number of ether oxygens (including phenoxy) is 2. The van der Waals surface area contributed by atoms with Crippen molar-refractivity contribution in [2.24, 2.45) is 17.8 Å². The number of allylic oxidation sites excluding steroid dienone is 1. The lowest BCUT2D eigenvalue weighted by Crippen LogP contribution is -2.12. The number of thioether (sulfide) groups is 1. The highest BCUT2D eigenvalue weighted by Gasteiger charge is 2.29. The molecule has 0 atom stereocenters. The summed E-state index contributed by atoms with van der Waals surface area (Å²) in [6.45, 7) is 2.49. The Morgan fingerprint density at radius 3 is 2.74 bits per heavy atom. The first kappa shape index (κ1) is 32.0. The van der Waals surface area contributed by atoms with Crippen molar-refractivity contribution in [3.8, 4) is 11.1 Å². The van der Waals surface area contributed by atoms with Crippen LogP contribution in [0, 0.1) is 0 Å². The number of hydrogen-bond acceptors (Lipinski definition) is 8. The van der Waals surface area contributed by atoms with Gasteiger partial charge in [0.25, 0.3) is 0 Å². The second-order valence-electron chi connectivity index (χ2n) is 10.1. The van der Waals surface area contributed by atoms with Crippen LogP contribution >= 0.6 is 35.0 Å². The molecule has 3 aromatic rings. The molecule has 1 aliphatic heterocycles. The van der Waals surface area contributed by atoms with Crippen molar-refractivity contribution in [2.45, 2.75) is 51.3 Å². The average Bonchev–Trinajstić information content (AvgIpc) is 3.48. The van der Waals surface area contributed by atoms with E-state index in [1.165, 1.54) is 14.0 Å². The molecule has 0 amide bonds. The van der Waals surface area contributed by atoms with Gasteiger partial charge in [-0.25, -0.2) is 4.79 Å². The lowest BCUT2D eigenvalue weighted by Gasteiger charge is -2.16. The first-order valence-electron chi connectivity index (χ1n) is 13.9. The molecule has 0 fully saturated rings. The van der Waals surface area contributed by atoms with Gasteiger partial charge in [0.2, 0.25) is 0 Å². The van der Waals surface area contributed by atoms with Gasteiger partial charge in [-0.15, -0.1) is 23.4 Å². The highest BCUT2D eigenvalue weighted by molar-refractivity contribution is 7.98. The van der Waals surface area contributed by atoms with Crippen molar-refractivity contribution in [1.29, 1.82) is 0 Å². The van der Waals surface area contributed by atoms with Crippen LogP contribution in [0.25, 0.3) is 22.0 Å². The van der Waals surface area contributed by atoms with E-state index in [9.17, 15) is 9.59 Å². The monoisotopic (exact) mass is 633 g/mol. The van der Waals surface area contributed by atoms with Gasteiger partial charge in [-0.1, -0.05) is 17.7 Å². The summed E-state index contributed by atoms with van der Waals surface area (Å²) in [5.41, 5.74) is 13.8. The summed E-state index contributed by atoms with van der Waals surface area (Å²) in [5, 5.41) is 6.53. The molecule has 3 heterocycles. The molecule has 0 bridgehead atoms. The van der Waals surface area contributed by atoms with Gasteiger partial charge >= 0.3 is 11.9 Å². The third kappa shape index (κ3) is 6.82. The summed E-state index contributed by atoms with van der Waals surface area (Å²) in [7, 11) is 4.94. The molecular formula is C30H37Cl2N5O4S. The highest BCUT2D eigenvalue weighted by atomic mass is 35.5. The van der Waals surface area contributed by atoms with Crippen LogP contribution in [0.15, 0.2) is 28.9 Å². The van der Waals surface area contributed by atoms with E-state index < -0.39 is 5.97 Å². The number of carbonyl (C=O) groups is 2. The zero-order valence-corrected chi connectivity index (χ0v) is 26.8. The minimum absolute atomic E-state index is 0.263. The molecule has 1 aliphatic rings. The van der Waals surface area contributed by atoms with Gasteiger partial charge < -0.3 is 19.8 Å². The number of fused-ring (bicyclic) bond motifs is 2. The molecule has 12 heteroatoms. The molecule has 4 rings (SSSR count). The number of hydrogen-bond donors (Lipinski definition) is 1. The number of halogens is 2. The molecule has 42 heavy (non-hydrogen) atoms. The molecule has 0 saturated carbocycles. The van der Waals surface area contributed by atoms with E-state index in [4.69, 9.17) is 43.5 Å². The Morgan fingerprint density at radius 1 is 1.26 bits per heavy atom. The van der Waals surface area contributed by atoms with Crippen molar-refractivity contribution in [3.63, 3.8) is 0 Å². The molecular weight excluding hydrogens is 597 g/mol. The van der Waals surface area contributed by atoms with Gasteiger partial charge in [0, 0.05) is 67.0 Å². The summed E-state index contributed by atoms with van der Waals surface area (Å²) in [4.78, 5) is 28.5. The summed E-state index contributed by atoms with van der Waals surface area (Å²) in [5.74, 6) is 0.762. The maximum Gasteiger partial charge on any atom is 0.354 e. The van der Waals surface area contributed by atoms with Gasteiger partial charge in [-0.2, -0.15) is 5.10 Å². The van der Waals surface area contributed by atoms with Crippen LogP contribution in [0.2, 0.25) is 5.02 Å². The quantitative estimate of drug-likeness (QED) is 0.118. The highest BCUT2D eigenvalue weighted by Crippen LogP contribution is 2.43. The Labute approximate surface area is 260 Å². The van der Waals surface area contributed by atoms with Gasteiger partial charge in [-0.05, 0) is 49.8 Å². The summed E-state index contributed by atoms with van der Waals surface area (Å²) in [6, 6.07) is 3.84. The van der Waals surface area contributed by atoms with Crippen LogP contribution in [0.5, 0.6) is 0 Å². The number of benzene rings is 1. The number of carbonyl (C=O) groups excluding carboxylic acids is 2. The van der Waals surface area contributed by atoms with Crippen molar-refractivity contribution in [3.05, 3.63) is 51.6 Å². The predicted octanol–water partition coefficient (Wildman–Crippen LogP) is 5.70. The van der Waals surface area contributed by atoms with Crippen molar-refractivity contribution < 1.29 is 19.1 Å². The number of aryl methyl sites for hydroxylation is 3. The van der Waals surface area contributed by atoms with E-state index in [1.54, 1.807) is 18.8 Å². The molecule has 9 nitrogen and oxygen atoms in total. The maximum atomic E-state index is 13.1. The number of nitrogens with zero attached hydrogens (tertiary/aromatic N) is 4. The molecule has 0 aliphatic carbocycles. The van der Waals surface area contributed by atoms with E-state index in [-0.39, 0.29) is 12.6 Å². The number of aromatic nitrogens is 3. The minimum Gasteiger partial charge on any atom is -0.466 e. The van der Waals surface area contributed by atoms with E-state index in [0.717, 1.165) is 70.5 Å². The number of esters is 2. The third-order valence-corrected chi connectivity index (χ3v) is 8.97.